The molecule has 0 spiro atoms. The summed E-state index contributed by atoms with van der Waals surface area (Å²) in [6.07, 6.45) is 3.80. The number of fused-ring (bicyclic) bond motifs is 5. The minimum atomic E-state index is -0.444. The Morgan fingerprint density at radius 1 is 1.29 bits per heavy atom. The average molecular weight is 453 g/mol. The molecule has 156 valence electrons. The number of aromatic nitrogens is 2. The van der Waals surface area contributed by atoms with E-state index < -0.39 is 6.23 Å². The first-order valence-corrected chi connectivity index (χ1v) is 11.6. The number of rotatable bonds is 4. The number of ketones is 1. The minimum absolute atomic E-state index is 0.0770. The molecule has 2 aliphatic rings. The highest BCUT2D eigenvalue weighted by atomic mass is 35.5. The van der Waals surface area contributed by atoms with E-state index in [2.05, 4.69) is 4.98 Å². The summed E-state index contributed by atoms with van der Waals surface area (Å²) >= 11 is 7.41. The van der Waals surface area contributed by atoms with Crippen LogP contribution in [0.1, 0.15) is 50.8 Å². The number of carbonyl (C=O) groups is 1. The van der Waals surface area contributed by atoms with Crippen LogP contribution >= 0.6 is 22.9 Å². The van der Waals surface area contributed by atoms with Gasteiger partial charge in [0.15, 0.2) is 5.78 Å². The van der Waals surface area contributed by atoms with Crippen LogP contribution in [0.2, 0.25) is 0 Å². The number of Topliss-reactive ketones (excluding diaryl/α,β-unsaturated/α-hetero) is 1. The minimum Gasteiger partial charge on any atom is -0.464 e. The molecular weight excluding hydrogens is 435 g/mol. The molecule has 1 saturated carbocycles. The monoisotopic (exact) mass is 452 g/mol. The Balaban J connectivity index is 1.59. The van der Waals surface area contributed by atoms with Gasteiger partial charge in [0.1, 0.15) is 11.6 Å². The molecule has 1 aliphatic carbocycles. The van der Waals surface area contributed by atoms with E-state index in [-0.39, 0.29) is 17.5 Å². The Labute approximate surface area is 187 Å². The van der Waals surface area contributed by atoms with Crippen molar-refractivity contribution in [1.29, 1.82) is 0 Å². The Bertz CT molecular complexity index is 1370. The molecule has 4 aromatic rings. The lowest BCUT2D eigenvalue weighted by Gasteiger charge is -2.29. The number of aryl methyl sites for hydroxylation is 1. The molecule has 0 bridgehead atoms. The van der Waals surface area contributed by atoms with E-state index in [1.165, 1.54) is 18.9 Å². The van der Waals surface area contributed by atoms with Crippen LogP contribution in [0.25, 0.3) is 22.2 Å². The zero-order valence-electron chi connectivity index (χ0n) is 16.7. The maximum atomic E-state index is 15.1. The van der Waals surface area contributed by atoms with Gasteiger partial charge >= 0.3 is 0 Å². The molecule has 2 aromatic heterocycles. The summed E-state index contributed by atoms with van der Waals surface area (Å²) in [5.41, 5.74) is 3.39. The number of carbonyl (C=O) groups excluding carboxylic acids is 1. The third-order valence-electron chi connectivity index (χ3n) is 5.92. The Hall–Kier alpha value is -2.70. The van der Waals surface area contributed by atoms with E-state index in [9.17, 15) is 4.79 Å². The number of alkyl halides is 1. The van der Waals surface area contributed by atoms with E-state index in [1.54, 1.807) is 17.4 Å². The van der Waals surface area contributed by atoms with Gasteiger partial charge in [0.25, 0.3) is 0 Å². The molecule has 1 atom stereocenters. The zero-order valence-corrected chi connectivity index (χ0v) is 18.3. The summed E-state index contributed by atoms with van der Waals surface area (Å²) in [7, 11) is 0. The molecule has 0 radical (unpaired) electrons. The summed E-state index contributed by atoms with van der Waals surface area (Å²) in [5.74, 6) is 0.541. The van der Waals surface area contributed by atoms with Gasteiger partial charge in [-0.3, -0.25) is 9.36 Å². The first-order chi connectivity index (χ1) is 15.0. The fourth-order valence-corrected chi connectivity index (χ4v) is 5.54. The summed E-state index contributed by atoms with van der Waals surface area (Å²) in [4.78, 5) is 17.7. The lowest BCUT2D eigenvalue weighted by molar-refractivity contribution is 0.102. The van der Waals surface area contributed by atoms with E-state index in [1.807, 2.05) is 42.0 Å². The summed E-state index contributed by atoms with van der Waals surface area (Å²) in [6.45, 7) is 1.85. The molecule has 6 rings (SSSR count). The molecule has 0 saturated heterocycles. The Morgan fingerprint density at radius 2 is 2.13 bits per heavy atom. The lowest BCUT2D eigenvalue weighted by atomic mass is 10.0. The fraction of sp³-hybridized carbons (Fsp3) is 0.250. The zero-order chi connectivity index (χ0) is 21.3. The summed E-state index contributed by atoms with van der Waals surface area (Å²) in [5, 5.41) is 1.98. The van der Waals surface area contributed by atoms with Gasteiger partial charge in [-0.05, 0) is 61.7 Å². The second kappa shape index (κ2) is 6.90. The van der Waals surface area contributed by atoms with E-state index in [4.69, 9.17) is 16.3 Å². The molecule has 31 heavy (non-hydrogen) atoms. The third-order valence-corrected chi connectivity index (χ3v) is 7.35. The van der Waals surface area contributed by atoms with Crippen molar-refractivity contribution in [1.82, 2.24) is 9.55 Å². The van der Waals surface area contributed by atoms with E-state index >= 15 is 4.39 Å². The maximum absolute atomic E-state index is 15.1. The highest BCUT2D eigenvalue weighted by Crippen LogP contribution is 2.48. The molecule has 4 nitrogen and oxygen atoms in total. The van der Waals surface area contributed by atoms with Crippen LogP contribution in [-0.2, 0) is 0 Å². The Morgan fingerprint density at radius 3 is 2.90 bits per heavy atom. The molecule has 0 N–H and O–H groups in total. The van der Waals surface area contributed by atoms with Gasteiger partial charge in [-0.1, -0.05) is 0 Å². The van der Waals surface area contributed by atoms with Gasteiger partial charge in [-0.15, -0.1) is 22.9 Å². The highest BCUT2D eigenvalue weighted by Gasteiger charge is 2.34. The van der Waals surface area contributed by atoms with Crippen LogP contribution in [-0.4, -0.2) is 21.2 Å². The van der Waals surface area contributed by atoms with Crippen LogP contribution in [0.5, 0.6) is 5.75 Å². The number of thiazole rings is 1. The van der Waals surface area contributed by atoms with Gasteiger partial charge in [-0.25, -0.2) is 9.37 Å². The lowest BCUT2D eigenvalue weighted by Crippen LogP contribution is -2.22. The maximum Gasteiger partial charge on any atom is 0.213 e. The number of ether oxygens (including phenoxy) is 1. The first-order valence-electron chi connectivity index (χ1n) is 10.2. The predicted octanol–water partition coefficient (Wildman–Crippen LogP) is 6.45. The van der Waals surface area contributed by atoms with Gasteiger partial charge in [0, 0.05) is 23.1 Å². The number of hydrogen-bond donors (Lipinski definition) is 0. The molecule has 1 aliphatic heterocycles. The smallest absolute Gasteiger partial charge is 0.213 e. The first kappa shape index (κ1) is 19.0. The molecule has 2 aromatic carbocycles. The van der Waals surface area contributed by atoms with Crippen molar-refractivity contribution in [2.75, 3.05) is 5.88 Å². The predicted molar refractivity (Wildman–Crippen MR) is 120 cm³/mol. The largest absolute Gasteiger partial charge is 0.464 e. The van der Waals surface area contributed by atoms with Crippen molar-refractivity contribution in [2.24, 2.45) is 0 Å². The van der Waals surface area contributed by atoms with Crippen LogP contribution in [0.4, 0.5) is 4.39 Å². The highest BCUT2D eigenvalue weighted by molar-refractivity contribution is 7.11. The number of hydrogen-bond acceptors (Lipinski definition) is 4. The summed E-state index contributed by atoms with van der Waals surface area (Å²) < 4.78 is 23.5. The van der Waals surface area contributed by atoms with Crippen LogP contribution in [0.15, 0.2) is 42.6 Å². The van der Waals surface area contributed by atoms with E-state index in [0.29, 0.717) is 22.8 Å². The number of halogens is 2. The second-order valence-electron chi connectivity index (χ2n) is 8.20. The van der Waals surface area contributed by atoms with Gasteiger partial charge in [0.05, 0.1) is 32.5 Å². The van der Waals surface area contributed by atoms with Crippen molar-refractivity contribution in [2.45, 2.75) is 31.9 Å². The van der Waals surface area contributed by atoms with Crippen LogP contribution in [0, 0.1) is 12.7 Å². The van der Waals surface area contributed by atoms with Gasteiger partial charge < -0.3 is 4.74 Å². The van der Waals surface area contributed by atoms with Gasteiger partial charge in [-0.2, -0.15) is 0 Å². The molecule has 3 heterocycles. The third kappa shape index (κ3) is 3.00. The van der Waals surface area contributed by atoms with Crippen molar-refractivity contribution < 1.29 is 13.9 Å². The molecule has 1 unspecified atom stereocenters. The normalized spacial score (nSPS) is 17.3. The second-order valence-corrected chi connectivity index (χ2v) is 9.56. The van der Waals surface area contributed by atoms with Crippen LogP contribution < -0.4 is 4.74 Å². The van der Waals surface area contributed by atoms with Gasteiger partial charge in [0.2, 0.25) is 6.23 Å². The summed E-state index contributed by atoms with van der Waals surface area (Å²) in [6, 6.07) is 10.8. The quantitative estimate of drug-likeness (QED) is 0.264. The molecular formula is C24H18ClFN2O2S. The topological polar surface area (TPSA) is 44.1 Å². The average Bonchev–Trinajstić information content (AvgIpc) is 3.36. The molecule has 1 fully saturated rings. The molecule has 0 amide bonds. The fourth-order valence-electron chi connectivity index (χ4n) is 4.28. The Kier molecular flexibility index (Phi) is 4.24. The van der Waals surface area contributed by atoms with Crippen LogP contribution in [0.3, 0.4) is 0 Å². The molecule has 7 heteroatoms. The van der Waals surface area contributed by atoms with E-state index in [0.717, 1.165) is 32.0 Å². The number of benzene rings is 2. The van der Waals surface area contributed by atoms with Crippen molar-refractivity contribution in [3.8, 4) is 17.0 Å². The standard InChI is InChI=1S/C24H18ClFN2O2S/c1-12-6-16(26)22-18-9-15-8-14(19(29)10-25)4-5-17(15)28(18)24(30-20(22)7-12)21-11-27-23(31-21)13-2-3-13/h4-9,11,13,24H,2-3,10H2,1H3. The number of nitrogens with zero attached hydrogens (tertiary/aromatic N) is 2. The van der Waals surface area contributed by atoms with Crippen molar-refractivity contribution >= 4 is 39.6 Å². The van der Waals surface area contributed by atoms with Crippen molar-refractivity contribution in [3.63, 3.8) is 0 Å². The SMILES string of the molecule is Cc1cc(F)c2c(c1)OC(c1cnc(C3CC3)s1)n1c-2cc2cc(C(=O)CCl)ccc21. The van der Waals surface area contributed by atoms with Crippen molar-refractivity contribution in [3.05, 3.63) is 69.4 Å².